The highest BCUT2D eigenvalue weighted by atomic mass is 35.5. The maximum atomic E-state index is 15.0. The molecule has 6 nitrogen and oxygen atoms in total. The number of benzene rings is 2. The van der Waals surface area contributed by atoms with E-state index in [2.05, 4.69) is 12.2 Å². The average Bonchev–Trinajstić information content (AvgIpc) is 3.45. The van der Waals surface area contributed by atoms with E-state index < -0.39 is 11.1 Å². The topological polar surface area (TPSA) is 71.8 Å². The van der Waals surface area contributed by atoms with Crippen molar-refractivity contribution >= 4 is 40.9 Å². The number of hydrogen-bond acceptors (Lipinski definition) is 5. The summed E-state index contributed by atoms with van der Waals surface area (Å²) in [6.07, 6.45) is 8.35. The van der Waals surface area contributed by atoms with Crippen molar-refractivity contribution in [2.75, 3.05) is 11.5 Å². The van der Waals surface area contributed by atoms with Crippen LogP contribution >= 0.6 is 23.4 Å². The molecule has 0 radical (unpaired) electrons. The fourth-order valence-corrected chi connectivity index (χ4v) is 5.82. The molecule has 4 rings (SSSR count). The van der Waals surface area contributed by atoms with Gasteiger partial charge in [0.05, 0.1) is 41.9 Å². The Morgan fingerprint density at radius 3 is 2.72 bits per heavy atom. The standard InChI is InChI=1S/C30H34ClFN2O4S/c1-3-4-5-6-7-8-15-38-26-14-12-24(32)23(28(26)31)19-34-25-13-11-21(17-27(25)39-20(2)30(34)36)29(35)33-18-22-10-9-16-37-22/h9-14,16-17,20H,3-8,15,18-19H2,1-2H3,(H,33,35). The third-order valence-electron chi connectivity index (χ3n) is 6.66. The number of thioether (sulfide) groups is 1. The van der Waals surface area contributed by atoms with Gasteiger partial charge in [0.15, 0.2) is 0 Å². The lowest BCUT2D eigenvalue weighted by Gasteiger charge is -2.33. The number of nitrogens with zero attached hydrogens (tertiary/aromatic N) is 1. The summed E-state index contributed by atoms with van der Waals surface area (Å²) >= 11 is 7.97. The molecule has 0 saturated carbocycles. The van der Waals surface area contributed by atoms with Crippen molar-refractivity contribution in [3.05, 3.63) is 76.5 Å². The molecule has 0 spiro atoms. The zero-order valence-corrected chi connectivity index (χ0v) is 23.9. The van der Waals surface area contributed by atoms with Gasteiger partial charge in [0.1, 0.15) is 17.3 Å². The number of carbonyl (C=O) groups excluding carboxylic acids is 2. The number of nitrogens with one attached hydrogen (secondary N) is 1. The molecule has 0 bridgehead atoms. The van der Waals surface area contributed by atoms with Gasteiger partial charge in [0, 0.05) is 16.0 Å². The third kappa shape index (κ3) is 7.37. The second-order valence-corrected chi connectivity index (χ2v) is 11.3. The Labute approximate surface area is 238 Å². The molecule has 3 aromatic rings. The Balaban J connectivity index is 1.47. The Kier molecular flexibility index (Phi) is 10.3. The maximum Gasteiger partial charge on any atom is 0.251 e. The van der Waals surface area contributed by atoms with Gasteiger partial charge in [-0.25, -0.2) is 4.39 Å². The summed E-state index contributed by atoms with van der Waals surface area (Å²) in [6, 6.07) is 11.5. The summed E-state index contributed by atoms with van der Waals surface area (Å²) in [5.74, 6) is 0.156. The minimum absolute atomic E-state index is 0.0420. The molecule has 39 heavy (non-hydrogen) atoms. The Morgan fingerprint density at radius 2 is 1.95 bits per heavy atom. The number of halogens is 2. The van der Waals surface area contributed by atoms with Crippen LogP contribution in [0.3, 0.4) is 0 Å². The highest BCUT2D eigenvalue weighted by Gasteiger charge is 2.32. The molecule has 1 aliphatic heterocycles. The molecule has 0 fully saturated rings. The summed E-state index contributed by atoms with van der Waals surface area (Å²) in [5.41, 5.74) is 1.28. The number of amides is 2. The van der Waals surface area contributed by atoms with Gasteiger partial charge in [-0.05, 0) is 55.8 Å². The minimum atomic E-state index is -0.499. The number of furan rings is 1. The molecule has 2 aromatic carbocycles. The maximum absolute atomic E-state index is 15.0. The van der Waals surface area contributed by atoms with E-state index in [1.165, 1.54) is 54.5 Å². The summed E-state index contributed by atoms with van der Waals surface area (Å²) in [6.45, 7) is 4.71. The molecule has 9 heteroatoms. The first-order valence-corrected chi connectivity index (χ1v) is 14.7. The highest BCUT2D eigenvalue weighted by molar-refractivity contribution is 8.01. The van der Waals surface area contributed by atoms with Gasteiger partial charge in [-0.15, -0.1) is 11.8 Å². The van der Waals surface area contributed by atoms with Crippen LogP contribution in [-0.2, 0) is 17.9 Å². The van der Waals surface area contributed by atoms with Crippen LogP contribution in [-0.4, -0.2) is 23.7 Å². The monoisotopic (exact) mass is 572 g/mol. The number of carbonyl (C=O) groups is 2. The first-order chi connectivity index (χ1) is 18.9. The van der Waals surface area contributed by atoms with E-state index >= 15 is 0 Å². The Bertz CT molecular complexity index is 1280. The average molecular weight is 573 g/mol. The number of unbranched alkanes of at least 4 members (excludes halogenated alkanes) is 5. The molecule has 1 N–H and O–H groups in total. The van der Waals surface area contributed by atoms with Gasteiger partial charge in [0.25, 0.3) is 5.91 Å². The largest absolute Gasteiger partial charge is 0.492 e. The minimum Gasteiger partial charge on any atom is -0.492 e. The van der Waals surface area contributed by atoms with Crippen molar-refractivity contribution in [3.63, 3.8) is 0 Å². The van der Waals surface area contributed by atoms with Crippen LogP contribution in [0.4, 0.5) is 10.1 Å². The molecule has 1 aromatic heterocycles. The van der Waals surface area contributed by atoms with Crippen LogP contribution in [0.25, 0.3) is 0 Å². The number of fused-ring (bicyclic) bond motifs is 1. The molecular formula is C30H34ClFN2O4S. The van der Waals surface area contributed by atoms with E-state index in [0.29, 0.717) is 29.4 Å². The smallest absolute Gasteiger partial charge is 0.251 e. The zero-order valence-electron chi connectivity index (χ0n) is 22.3. The fourth-order valence-electron chi connectivity index (χ4n) is 4.45. The summed E-state index contributed by atoms with van der Waals surface area (Å²) in [5, 5.41) is 2.60. The summed E-state index contributed by atoms with van der Waals surface area (Å²) < 4.78 is 26.1. The first kappa shape index (κ1) is 29.0. The van der Waals surface area contributed by atoms with Crippen molar-refractivity contribution in [2.24, 2.45) is 0 Å². The zero-order chi connectivity index (χ0) is 27.8. The summed E-state index contributed by atoms with van der Waals surface area (Å²) in [4.78, 5) is 28.2. The molecule has 1 aliphatic rings. The molecular weight excluding hydrogens is 539 g/mol. The van der Waals surface area contributed by atoms with Crippen LogP contribution in [0, 0.1) is 5.82 Å². The van der Waals surface area contributed by atoms with Gasteiger partial charge in [0.2, 0.25) is 5.91 Å². The van der Waals surface area contributed by atoms with Crippen LogP contribution < -0.4 is 15.0 Å². The van der Waals surface area contributed by atoms with Crippen molar-refractivity contribution in [1.82, 2.24) is 5.32 Å². The predicted octanol–water partition coefficient (Wildman–Crippen LogP) is 7.77. The normalized spacial score (nSPS) is 14.8. The SMILES string of the molecule is CCCCCCCCOc1ccc(F)c(CN2C(=O)C(C)Sc3cc(C(=O)NCc4ccco4)ccc32)c1Cl. The number of ether oxygens (including phenoxy) is 1. The first-order valence-electron chi connectivity index (χ1n) is 13.4. The van der Waals surface area contributed by atoms with Gasteiger partial charge in [-0.1, -0.05) is 50.6 Å². The second-order valence-electron chi connectivity index (χ2n) is 9.58. The molecule has 208 valence electrons. The number of hydrogen-bond donors (Lipinski definition) is 1. The van der Waals surface area contributed by atoms with E-state index in [9.17, 15) is 14.0 Å². The number of anilines is 1. The van der Waals surface area contributed by atoms with E-state index in [4.69, 9.17) is 20.8 Å². The lowest BCUT2D eigenvalue weighted by Crippen LogP contribution is -2.39. The highest BCUT2D eigenvalue weighted by Crippen LogP contribution is 2.42. The Hall–Kier alpha value is -2.97. The lowest BCUT2D eigenvalue weighted by atomic mass is 10.1. The van der Waals surface area contributed by atoms with Gasteiger partial charge in [-0.3, -0.25) is 9.59 Å². The molecule has 0 saturated heterocycles. The van der Waals surface area contributed by atoms with Crippen LogP contribution in [0.2, 0.25) is 5.02 Å². The molecule has 1 unspecified atom stereocenters. The van der Waals surface area contributed by atoms with E-state index in [-0.39, 0.29) is 35.5 Å². The van der Waals surface area contributed by atoms with Crippen molar-refractivity contribution in [2.45, 2.75) is 75.6 Å². The molecule has 2 heterocycles. The number of rotatable bonds is 13. The van der Waals surface area contributed by atoms with Crippen molar-refractivity contribution in [1.29, 1.82) is 0 Å². The second kappa shape index (κ2) is 13.9. The van der Waals surface area contributed by atoms with Gasteiger partial charge < -0.3 is 19.4 Å². The van der Waals surface area contributed by atoms with Gasteiger partial charge >= 0.3 is 0 Å². The third-order valence-corrected chi connectivity index (χ3v) is 8.21. The summed E-state index contributed by atoms with van der Waals surface area (Å²) in [7, 11) is 0. The van der Waals surface area contributed by atoms with E-state index in [1.54, 1.807) is 43.5 Å². The molecule has 0 aliphatic carbocycles. The molecule has 2 amide bonds. The molecule has 1 atom stereocenters. The quantitative estimate of drug-likeness (QED) is 0.212. The Morgan fingerprint density at radius 1 is 1.15 bits per heavy atom. The fraction of sp³-hybridized carbons (Fsp3) is 0.400. The van der Waals surface area contributed by atoms with Crippen molar-refractivity contribution in [3.8, 4) is 5.75 Å². The van der Waals surface area contributed by atoms with E-state index in [1.807, 2.05) is 0 Å². The van der Waals surface area contributed by atoms with Crippen LogP contribution in [0.1, 0.15) is 74.1 Å². The predicted molar refractivity (Wildman–Crippen MR) is 153 cm³/mol. The lowest BCUT2D eigenvalue weighted by molar-refractivity contribution is -0.118. The van der Waals surface area contributed by atoms with E-state index in [0.717, 1.165) is 17.7 Å². The van der Waals surface area contributed by atoms with Crippen molar-refractivity contribution < 1.29 is 23.1 Å². The van der Waals surface area contributed by atoms with Crippen LogP contribution in [0.15, 0.2) is 58.0 Å². The van der Waals surface area contributed by atoms with Crippen LogP contribution in [0.5, 0.6) is 5.75 Å². The van der Waals surface area contributed by atoms with Gasteiger partial charge in [-0.2, -0.15) is 0 Å².